The quantitative estimate of drug-likeness (QED) is 0.669. The van der Waals surface area contributed by atoms with Gasteiger partial charge >= 0.3 is 6.18 Å². The minimum absolute atomic E-state index is 0.0868. The Bertz CT molecular complexity index is 1060. The van der Waals surface area contributed by atoms with Gasteiger partial charge < -0.3 is 5.32 Å². The molecular weight excluding hydrogens is 467 g/mol. The standard InChI is InChI=1S/C21H23ClF3N3O3S/c1-15(20(29)26-19-8-7-17(22)13-18(19)21(23,24)25)27-9-11-28(12-10-27)32(30,31)14-16-5-3-2-4-6-16/h2-8,13,15H,9-12,14H2,1H3,(H,26,29). The van der Waals surface area contributed by atoms with Crippen LogP contribution in [0.5, 0.6) is 0 Å². The maximum absolute atomic E-state index is 13.3. The first kappa shape index (κ1) is 24.5. The van der Waals surface area contributed by atoms with Crippen molar-refractivity contribution in [3.63, 3.8) is 0 Å². The van der Waals surface area contributed by atoms with Crippen LogP contribution in [0.2, 0.25) is 5.02 Å². The molecule has 1 saturated heterocycles. The summed E-state index contributed by atoms with van der Waals surface area (Å²) < 4.78 is 66.5. The molecule has 2 aromatic rings. The smallest absolute Gasteiger partial charge is 0.324 e. The van der Waals surface area contributed by atoms with Gasteiger partial charge in [-0.3, -0.25) is 9.69 Å². The number of nitrogens with zero attached hydrogens (tertiary/aromatic N) is 2. The number of benzene rings is 2. The van der Waals surface area contributed by atoms with Crippen molar-refractivity contribution in [3.05, 3.63) is 64.7 Å². The molecule has 1 aliphatic rings. The van der Waals surface area contributed by atoms with Gasteiger partial charge in [-0.2, -0.15) is 17.5 Å². The molecule has 174 valence electrons. The minimum atomic E-state index is -4.67. The average molecular weight is 490 g/mol. The zero-order valence-corrected chi connectivity index (χ0v) is 18.8. The lowest BCUT2D eigenvalue weighted by atomic mass is 10.1. The third-order valence-corrected chi connectivity index (χ3v) is 7.42. The highest BCUT2D eigenvalue weighted by Crippen LogP contribution is 2.36. The van der Waals surface area contributed by atoms with E-state index in [4.69, 9.17) is 11.6 Å². The molecule has 0 spiro atoms. The summed E-state index contributed by atoms with van der Waals surface area (Å²) in [7, 11) is -3.51. The van der Waals surface area contributed by atoms with E-state index in [2.05, 4.69) is 5.32 Å². The van der Waals surface area contributed by atoms with E-state index in [-0.39, 0.29) is 42.6 Å². The molecule has 0 aliphatic carbocycles. The largest absolute Gasteiger partial charge is 0.418 e. The lowest BCUT2D eigenvalue weighted by molar-refractivity contribution is -0.137. The summed E-state index contributed by atoms with van der Waals surface area (Å²) in [6, 6.07) is 11.2. The van der Waals surface area contributed by atoms with Gasteiger partial charge in [0.15, 0.2) is 0 Å². The molecule has 1 heterocycles. The Balaban J connectivity index is 1.61. The van der Waals surface area contributed by atoms with Crippen LogP contribution in [0.1, 0.15) is 18.1 Å². The Labute approximate surface area is 190 Å². The summed E-state index contributed by atoms with van der Waals surface area (Å²) in [4.78, 5) is 14.4. The molecular formula is C21H23ClF3N3O3S. The van der Waals surface area contributed by atoms with Gasteiger partial charge in [-0.1, -0.05) is 41.9 Å². The van der Waals surface area contributed by atoms with Crippen LogP contribution in [0.3, 0.4) is 0 Å². The van der Waals surface area contributed by atoms with E-state index < -0.39 is 33.7 Å². The third-order valence-electron chi connectivity index (χ3n) is 5.33. The molecule has 1 unspecified atom stereocenters. The van der Waals surface area contributed by atoms with Gasteiger partial charge in [0.25, 0.3) is 0 Å². The first-order valence-electron chi connectivity index (χ1n) is 9.91. The number of halogens is 4. The van der Waals surface area contributed by atoms with Gasteiger partial charge in [-0.25, -0.2) is 8.42 Å². The van der Waals surface area contributed by atoms with Crippen molar-refractivity contribution in [1.29, 1.82) is 0 Å². The van der Waals surface area contributed by atoms with Crippen LogP contribution < -0.4 is 5.32 Å². The van der Waals surface area contributed by atoms with Crippen LogP contribution in [0.25, 0.3) is 0 Å². The highest BCUT2D eigenvalue weighted by Gasteiger charge is 2.35. The van der Waals surface area contributed by atoms with E-state index in [1.54, 1.807) is 36.1 Å². The fraction of sp³-hybridized carbons (Fsp3) is 0.381. The number of piperazine rings is 1. The predicted octanol–water partition coefficient (Wildman–Crippen LogP) is 3.83. The van der Waals surface area contributed by atoms with Crippen LogP contribution in [-0.4, -0.2) is 55.8 Å². The second-order valence-electron chi connectivity index (χ2n) is 7.53. The van der Waals surface area contributed by atoms with Crippen LogP contribution in [-0.2, 0) is 26.7 Å². The molecule has 3 rings (SSSR count). The molecule has 0 aromatic heterocycles. The Morgan fingerprint density at radius 2 is 1.72 bits per heavy atom. The molecule has 0 bridgehead atoms. The highest BCUT2D eigenvalue weighted by atomic mass is 35.5. The van der Waals surface area contributed by atoms with Gasteiger partial charge in [0.1, 0.15) is 0 Å². The van der Waals surface area contributed by atoms with Gasteiger partial charge in [0.05, 0.1) is 23.0 Å². The molecule has 1 fully saturated rings. The highest BCUT2D eigenvalue weighted by molar-refractivity contribution is 7.88. The number of carbonyl (C=O) groups excluding carboxylic acids is 1. The number of amides is 1. The van der Waals surface area contributed by atoms with Gasteiger partial charge in [-0.15, -0.1) is 0 Å². The zero-order chi connectivity index (χ0) is 23.5. The van der Waals surface area contributed by atoms with Crippen molar-refractivity contribution >= 4 is 33.2 Å². The summed E-state index contributed by atoms with van der Waals surface area (Å²) in [5.41, 5.74) is -0.712. The fourth-order valence-corrected chi connectivity index (χ4v) is 5.20. The fourth-order valence-electron chi connectivity index (χ4n) is 3.51. The molecule has 11 heteroatoms. The minimum Gasteiger partial charge on any atom is -0.324 e. The number of sulfonamides is 1. The van der Waals surface area contributed by atoms with Crippen LogP contribution >= 0.6 is 11.6 Å². The van der Waals surface area contributed by atoms with Crippen LogP contribution in [0.15, 0.2) is 48.5 Å². The van der Waals surface area contributed by atoms with Crippen LogP contribution in [0.4, 0.5) is 18.9 Å². The van der Waals surface area contributed by atoms with E-state index in [1.807, 2.05) is 6.07 Å². The number of carbonyl (C=O) groups is 1. The molecule has 1 amide bonds. The van der Waals surface area contributed by atoms with E-state index >= 15 is 0 Å². The first-order chi connectivity index (χ1) is 15.0. The van der Waals surface area contributed by atoms with Crippen LogP contribution in [0, 0.1) is 0 Å². The van der Waals surface area contributed by atoms with Gasteiger partial charge in [0.2, 0.25) is 15.9 Å². The third kappa shape index (κ3) is 6.00. The van der Waals surface area contributed by atoms with E-state index in [0.29, 0.717) is 5.56 Å². The average Bonchev–Trinajstić information content (AvgIpc) is 2.74. The number of hydrogen-bond donors (Lipinski definition) is 1. The normalized spacial score (nSPS) is 17.2. The number of anilines is 1. The van der Waals surface area contributed by atoms with Crippen molar-refractivity contribution in [2.45, 2.75) is 24.9 Å². The van der Waals surface area contributed by atoms with E-state index in [9.17, 15) is 26.4 Å². The molecule has 0 saturated carbocycles. The number of nitrogens with one attached hydrogen (secondary N) is 1. The van der Waals surface area contributed by atoms with Crippen molar-refractivity contribution in [3.8, 4) is 0 Å². The zero-order valence-electron chi connectivity index (χ0n) is 17.3. The van der Waals surface area contributed by atoms with E-state index in [0.717, 1.165) is 12.1 Å². The Hall–Kier alpha value is -2.14. The maximum atomic E-state index is 13.3. The van der Waals surface area contributed by atoms with E-state index in [1.165, 1.54) is 10.4 Å². The summed E-state index contributed by atoms with van der Waals surface area (Å²) in [6.45, 7) is 2.54. The number of hydrogen-bond acceptors (Lipinski definition) is 4. The number of rotatable bonds is 6. The molecule has 1 atom stereocenters. The predicted molar refractivity (Wildman–Crippen MR) is 117 cm³/mol. The molecule has 6 nitrogen and oxygen atoms in total. The molecule has 2 aromatic carbocycles. The SMILES string of the molecule is CC(C(=O)Nc1ccc(Cl)cc1C(F)(F)F)N1CCN(S(=O)(=O)Cc2ccccc2)CC1. The summed E-state index contributed by atoms with van der Waals surface area (Å²) in [5.74, 6) is -0.723. The van der Waals surface area contributed by atoms with Gasteiger partial charge in [0, 0.05) is 31.2 Å². The Kier molecular flexibility index (Phi) is 7.49. The summed E-state index contributed by atoms with van der Waals surface area (Å²) in [6.07, 6.45) is -4.67. The lowest BCUT2D eigenvalue weighted by Gasteiger charge is -2.36. The monoisotopic (exact) mass is 489 g/mol. The summed E-state index contributed by atoms with van der Waals surface area (Å²) in [5, 5.41) is 2.24. The number of alkyl halides is 3. The van der Waals surface area contributed by atoms with Crippen molar-refractivity contribution in [1.82, 2.24) is 9.21 Å². The maximum Gasteiger partial charge on any atom is 0.418 e. The molecule has 1 aliphatic heterocycles. The molecule has 1 N–H and O–H groups in total. The second kappa shape index (κ2) is 9.78. The summed E-state index contributed by atoms with van der Waals surface area (Å²) >= 11 is 5.67. The van der Waals surface area contributed by atoms with Crippen molar-refractivity contribution in [2.75, 3.05) is 31.5 Å². The second-order valence-corrected chi connectivity index (χ2v) is 9.94. The topological polar surface area (TPSA) is 69.7 Å². The lowest BCUT2D eigenvalue weighted by Crippen LogP contribution is -2.54. The first-order valence-corrected chi connectivity index (χ1v) is 11.9. The van der Waals surface area contributed by atoms with Crippen molar-refractivity contribution in [2.24, 2.45) is 0 Å². The molecule has 0 radical (unpaired) electrons. The molecule has 32 heavy (non-hydrogen) atoms. The Morgan fingerprint density at radius 3 is 2.31 bits per heavy atom. The van der Waals surface area contributed by atoms with Gasteiger partial charge in [-0.05, 0) is 30.7 Å². The Morgan fingerprint density at radius 1 is 1.09 bits per heavy atom. The van der Waals surface area contributed by atoms with Crippen molar-refractivity contribution < 1.29 is 26.4 Å².